The van der Waals surface area contributed by atoms with Crippen molar-refractivity contribution in [3.63, 3.8) is 0 Å². The maximum atomic E-state index is 13.8. The zero-order valence-corrected chi connectivity index (χ0v) is 23.9. The number of anilines is 1. The highest BCUT2D eigenvalue weighted by Crippen LogP contribution is 2.25. The molecule has 0 radical (unpaired) electrons. The van der Waals surface area contributed by atoms with Gasteiger partial charge in [0.2, 0.25) is 11.8 Å². The zero-order valence-electron chi connectivity index (χ0n) is 21.5. The summed E-state index contributed by atoms with van der Waals surface area (Å²) in [6, 6.07) is 18.9. The Morgan fingerprint density at radius 2 is 1.55 bits per heavy atom. The van der Waals surface area contributed by atoms with Crippen LogP contribution in [0, 0.1) is 5.82 Å². The second kappa shape index (κ2) is 13.0. The topological polar surface area (TPSA) is 86.8 Å². The number of nitrogens with zero attached hydrogens (tertiary/aromatic N) is 2. The van der Waals surface area contributed by atoms with Gasteiger partial charge in [0.1, 0.15) is 18.4 Å². The van der Waals surface area contributed by atoms with Crippen LogP contribution in [0.1, 0.15) is 32.8 Å². The molecule has 38 heavy (non-hydrogen) atoms. The molecule has 0 saturated heterocycles. The summed E-state index contributed by atoms with van der Waals surface area (Å²) < 4.78 is 42.7. The van der Waals surface area contributed by atoms with Crippen molar-refractivity contribution in [3.8, 4) is 0 Å². The van der Waals surface area contributed by atoms with E-state index in [2.05, 4.69) is 21.2 Å². The minimum absolute atomic E-state index is 0.0147. The predicted octanol–water partition coefficient (Wildman–Crippen LogP) is 5.12. The van der Waals surface area contributed by atoms with Gasteiger partial charge in [-0.05, 0) is 74.4 Å². The van der Waals surface area contributed by atoms with Crippen LogP contribution in [0.2, 0.25) is 0 Å². The van der Waals surface area contributed by atoms with E-state index in [9.17, 15) is 22.4 Å². The number of benzene rings is 3. The average Bonchev–Trinajstić information content (AvgIpc) is 2.91. The first-order chi connectivity index (χ1) is 18.0. The molecule has 3 rings (SSSR count). The molecule has 0 aliphatic rings. The van der Waals surface area contributed by atoms with Crippen LogP contribution in [0.25, 0.3) is 0 Å². The Morgan fingerprint density at radius 3 is 2.13 bits per heavy atom. The molecule has 3 aromatic carbocycles. The Hall–Kier alpha value is -3.24. The summed E-state index contributed by atoms with van der Waals surface area (Å²) in [5, 5.41) is 2.89. The van der Waals surface area contributed by atoms with Crippen molar-refractivity contribution >= 4 is 43.5 Å². The number of hydrogen-bond donors (Lipinski definition) is 1. The zero-order chi connectivity index (χ0) is 27.9. The van der Waals surface area contributed by atoms with E-state index in [-0.39, 0.29) is 29.1 Å². The van der Waals surface area contributed by atoms with E-state index in [1.807, 2.05) is 38.1 Å². The SMILES string of the molecule is CC[C@@H](C)NC(=O)[C@@H](C)N(Cc1ccc(Br)cc1)C(=O)CN(c1ccc(F)cc1)S(=O)(=O)c1ccccc1. The normalized spacial score (nSPS) is 12.9. The number of hydrogen-bond acceptors (Lipinski definition) is 4. The smallest absolute Gasteiger partial charge is 0.264 e. The molecule has 3 aromatic rings. The van der Waals surface area contributed by atoms with E-state index >= 15 is 0 Å². The van der Waals surface area contributed by atoms with Crippen molar-refractivity contribution in [1.29, 1.82) is 0 Å². The van der Waals surface area contributed by atoms with Crippen molar-refractivity contribution < 1.29 is 22.4 Å². The Kier molecular flexibility index (Phi) is 10.0. The van der Waals surface area contributed by atoms with Crippen molar-refractivity contribution in [2.45, 2.75) is 50.7 Å². The Morgan fingerprint density at radius 1 is 0.947 bits per heavy atom. The Labute approximate surface area is 231 Å². The number of amides is 2. The minimum Gasteiger partial charge on any atom is -0.352 e. The molecule has 0 aliphatic carbocycles. The molecule has 2 amide bonds. The van der Waals surface area contributed by atoms with Gasteiger partial charge in [-0.25, -0.2) is 12.8 Å². The van der Waals surface area contributed by atoms with Gasteiger partial charge in [-0.2, -0.15) is 0 Å². The number of halogens is 2. The van der Waals surface area contributed by atoms with Crippen LogP contribution in [-0.2, 0) is 26.2 Å². The number of nitrogens with one attached hydrogen (secondary N) is 1. The highest BCUT2D eigenvalue weighted by molar-refractivity contribution is 9.10. The first-order valence-electron chi connectivity index (χ1n) is 12.2. The fourth-order valence-corrected chi connectivity index (χ4v) is 5.39. The lowest BCUT2D eigenvalue weighted by molar-refractivity contribution is -0.139. The molecule has 1 N–H and O–H groups in total. The van der Waals surface area contributed by atoms with Crippen molar-refractivity contribution in [3.05, 3.63) is 94.7 Å². The molecule has 0 aliphatic heterocycles. The molecule has 0 fully saturated rings. The maximum absolute atomic E-state index is 13.8. The standard InChI is InChI=1S/C28H31BrFN3O4S/c1-4-20(2)31-28(35)21(3)32(18-22-10-12-23(29)13-11-22)27(34)19-33(25-16-14-24(30)15-17-25)38(36,37)26-8-6-5-7-9-26/h5-17,20-21H,4,18-19H2,1-3H3,(H,31,35)/t20-,21-/m1/s1. The summed E-state index contributed by atoms with van der Waals surface area (Å²) in [5.74, 6) is -1.46. The van der Waals surface area contributed by atoms with Crippen LogP contribution < -0.4 is 9.62 Å². The van der Waals surface area contributed by atoms with Gasteiger partial charge < -0.3 is 10.2 Å². The molecule has 202 valence electrons. The number of carbonyl (C=O) groups is 2. The first-order valence-corrected chi connectivity index (χ1v) is 14.4. The molecule has 0 heterocycles. The lowest BCUT2D eigenvalue weighted by Gasteiger charge is -2.32. The predicted molar refractivity (Wildman–Crippen MR) is 149 cm³/mol. The Bertz CT molecular complexity index is 1340. The van der Waals surface area contributed by atoms with Crippen molar-refractivity contribution in [1.82, 2.24) is 10.2 Å². The van der Waals surface area contributed by atoms with E-state index < -0.39 is 34.3 Å². The summed E-state index contributed by atoms with van der Waals surface area (Å²) in [4.78, 5) is 28.2. The van der Waals surface area contributed by atoms with Gasteiger partial charge in [0.15, 0.2) is 0 Å². The van der Waals surface area contributed by atoms with Gasteiger partial charge in [0, 0.05) is 17.1 Å². The largest absolute Gasteiger partial charge is 0.352 e. The number of carbonyl (C=O) groups excluding carboxylic acids is 2. The van der Waals surface area contributed by atoms with Gasteiger partial charge in [0.25, 0.3) is 10.0 Å². The fraction of sp³-hybridized carbons (Fsp3) is 0.286. The minimum atomic E-state index is -4.19. The summed E-state index contributed by atoms with van der Waals surface area (Å²) in [6.07, 6.45) is 0.715. The van der Waals surface area contributed by atoms with Gasteiger partial charge in [-0.15, -0.1) is 0 Å². The van der Waals surface area contributed by atoms with Crippen LogP contribution >= 0.6 is 15.9 Å². The van der Waals surface area contributed by atoms with Crippen molar-refractivity contribution in [2.75, 3.05) is 10.8 Å². The second-order valence-electron chi connectivity index (χ2n) is 8.94. The molecule has 0 spiro atoms. The third-order valence-electron chi connectivity index (χ3n) is 6.16. The highest BCUT2D eigenvalue weighted by atomic mass is 79.9. The average molecular weight is 605 g/mol. The summed E-state index contributed by atoms with van der Waals surface area (Å²) in [6.45, 7) is 4.93. The monoisotopic (exact) mass is 603 g/mol. The van der Waals surface area contributed by atoms with Gasteiger partial charge in [-0.1, -0.05) is 53.2 Å². The van der Waals surface area contributed by atoms with E-state index in [1.54, 1.807) is 25.1 Å². The van der Waals surface area contributed by atoms with Gasteiger partial charge in [-0.3, -0.25) is 13.9 Å². The summed E-state index contributed by atoms with van der Waals surface area (Å²) in [7, 11) is -4.19. The first kappa shape index (κ1) is 29.3. The Balaban J connectivity index is 2.00. The number of sulfonamides is 1. The van der Waals surface area contributed by atoms with E-state index in [0.717, 1.165) is 26.5 Å². The molecule has 0 bridgehead atoms. The molecule has 7 nitrogen and oxygen atoms in total. The van der Waals surface area contributed by atoms with Crippen LogP contribution in [0.5, 0.6) is 0 Å². The molecular weight excluding hydrogens is 573 g/mol. The third kappa shape index (κ3) is 7.41. The number of rotatable bonds is 11. The van der Waals surface area contributed by atoms with Gasteiger partial charge >= 0.3 is 0 Å². The van der Waals surface area contributed by atoms with Crippen molar-refractivity contribution in [2.24, 2.45) is 0 Å². The maximum Gasteiger partial charge on any atom is 0.264 e. The van der Waals surface area contributed by atoms with Gasteiger partial charge in [0.05, 0.1) is 10.6 Å². The molecular formula is C28H31BrFN3O4S. The third-order valence-corrected chi connectivity index (χ3v) is 8.48. The van der Waals surface area contributed by atoms with E-state index in [4.69, 9.17) is 0 Å². The fourth-order valence-electron chi connectivity index (χ4n) is 3.69. The second-order valence-corrected chi connectivity index (χ2v) is 11.7. The molecule has 0 unspecified atom stereocenters. The molecule has 0 aromatic heterocycles. The summed E-state index contributed by atoms with van der Waals surface area (Å²) >= 11 is 3.39. The quantitative estimate of drug-likeness (QED) is 0.330. The van der Waals surface area contributed by atoms with Crippen LogP contribution in [0.3, 0.4) is 0 Å². The van der Waals surface area contributed by atoms with Crippen LogP contribution in [0.4, 0.5) is 10.1 Å². The van der Waals surface area contributed by atoms with Crippen LogP contribution in [-0.4, -0.2) is 43.8 Å². The lowest BCUT2D eigenvalue weighted by Crippen LogP contribution is -2.52. The van der Waals surface area contributed by atoms with Crippen LogP contribution in [0.15, 0.2) is 88.2 Å². The van der Waals surface area contributed by atoms with E-state index in [1.165, 1.54) is 29.2 Å². The summed E-state index contributed by atoms with van der Waals surface area (Å²) in [5.41, 5.74) is 0.896. The molecule has 2 atom stereocenters. The molecule has 10 heteroatoms. The van der Waals surface area contributed by atoms with E-state index in [0.29, 0.717) is 6.42 Å². The molecule has 0 saturated carbocycles. The highest BCUT2D eigenvalue weighted by Gasteiger charge is 2.32. The lowest BCUT2D eigenvalue weighted by atomic mass is 10.1.